The summed E-state index contributed by atoms with van der Waals surface area (Å²) in [6, 6.07) is -3.58. The van der Waals surface area contributed by atoms with Gasteiger partial charge in [-0.1, -0.05) is 20.3 Å². The quantitative estimate of drug-likeness (QED) is 0.299. The second-order valence-electron chi connectivity index (χ2n) is 6.56. The van der Waals surface area contributed by atoms with Gasteiger partial charge in [-0.05, 0) is 38.2 Å². The van der Waals surface area contributed by atoms with Crippen LogP contribution >= 0.6 is 11.8 Å². The maximum absolute atomic E-state index is 12.4. The zero-order chi connectivity index (χ0) is 21.1. The average molecular weight is 405 g/mol. The minimum Gasteiger partial charge on any atom is -0.480 e. The van der Waals surface area contributed by atoms with Crippen molar-refractivity contribution in [3.05, 3.63) is 0 Å². The smallest absolute Gasteiger partial charge is 0.325 e. The summed E-state index contributed by atoms with van der Waals surface area (Å²) in [6.07, 6.45) is 3.00. The van der Waals surface area contributed by atoms with Crippen LogP contribution < -0.4 is 21.7 Å². The van der Waals surface area contributed by atoms with Gasteiger partial charge in [0.15, 0.2) is 0 Å². The molecule has 5 unspecified atom stereocenters. The third kappa shape index (κ3) is 9.09. The van der Waals surface area contributed by atoms with Crippen molar-refractivity contribution in [3.8, 4) is 0 Å². The van der Waals surface area contributed by atoms with Crippen molar-refractivity contribution >= 4 is 35.5 Å². The number of rotatable bonds is 12. The van der Waals surface area contributed by atoms with Gasteiger partial charge in [0.05, 0.1) is 6.04 Å². The maximum Gasteiger partial charge on any atom is 0.325 e. The number of carboxylic acids is 1. The number of nitrogens with two attached hydrogens (primary N) is 1. The van der Waals surface area contributed by atoms with Crippen LogP contribution in [0.3, 0.4) is 0 Å². The highest BCUT2D eigenvalue weighted by molar-refractivity contribution is 7.98. The lowest BCUT2D eigenvalue weighted by Gasteiger charge is -2.26. The van der Waals surface area contributed by atoms with Crippen molar-refractivity contribution < 1.29 is 24.3 Å². The Bertz CT molecular complexity index is 531. The molecule has 5 atom stereocenters. The van der Waals surface area contributed by atoms with E-state index in [9.17, 15) is 19.2 Å². The summed E-state index contributed by atoms with van der Waals surface area (Å²) < 4.78 is 0. The Labute approximate surface area is 164 Å². The summed E-state index contributed by atoms with van der Waals surface area (Å²) in [6.45, 7) is 6.47. The largest absolute Gasteiger partial charge is 0.480 e. The minimum atomic E-state index is -1.17. The van der Waals surface area contributed by atoms with Gasteiger partial charge in [-0.2, -0.15) is 11.8 Å². The van der Waals surface area contributed by atoms with Crippen molar-refractivity contribution in [2.24, 2.45) is 11.7 Å². The molecule has 0 aliphatic heterocycles. The van der Waals surface area contributed by atoms with E-state index in [2.05, 4.69) is 16.0 Å². The molecule has 10 heteroatoms. The van der Waals surface area contributed by atoms with Gasteiger partial charge >= 0.3 is 5.97 Å². The summed E-state index contributed by atoms with van der Waals surface area (Å²) in [5.41, 5.74) is 5.78. The van der Waals surface area contributed by atoms with Gasteiger partial charge < -0.3 is 26.8 Å². The zero-order valence-corrected chi connectivity index (χ0v) is 17.4. The number of nitrogens with one attached hydrogen (secondary N) is 3. The molecule has 0 aromatic heterocycles. The molecule has 0 bridgehead atoms. The van der Waals surface area contributed by atoms with Gasteiger partial charge in [-0.15, -0.1) is 0 Å². The molecule has 6 N–H and O–H groups in total. The van der Waals surface area contributed by atoms with Crippen molar-refractivity contribution in [3.63, 3.8) is 0 Å². The van der Waals surface area contributed by atoms with Gasteiger partial charge in [0, 0.05) is 0 Å². The Balaban J connectivity index is 4.90. The standard InChI is InChI=1S/C17H32N4O5S/c1-6-9(2)13(16(24)20-11(4)17(25)26)21-14(22)10(3)19-15(23)12(18)7-8-27-5/h9-13H,6-8,18H2,1-5H3,(H,19,23)(H,20,24)(H,21,22)(H,25,26). The Hall–Kier alpha value is -1.81. The predicted molar refractivity (Wildman–Crippen MR) is 105 cm³/mol. The van der Waals surface area contributed by atoms with Crippen LogP contribution in [-0.4, -0.2) is 65.0 Å². The number of hydrogen-bond acceptors (Lipinski definition) is 6. The highest BCUT2D eigenvalue weighted by Crippen LogP contribution is 2.09. The molecule has 0 saturated carbocycles. The molecular weight excluding hydrogens is 372 g/mol. The van der Waals surface area contributed by atoms with Crippen LogP contribution in [0.25, 0.3) is 0 Å². The minimum absolute atomic E-state index is 0.221. The van der Waals surface area contributed by atoms with Crippen LogP contribution in [0.4, 0.5) is 0 Å². The highest BCUT2D eigenvalue weighted by Gasteiger charge is 2.30. The molecule has 156 valence electrons. The van der Waals surface area contributed by atoms with E-state index in [-0.39, 0.29) is 5.92 Å². The summed E-state index contributed by atoms with van der Waals surface area (Å²) in [4.78, 5) is 47.7. The van der Waals surface area contributed by atoms with Gasteiger partial charge in [0.1, 0.15) is 18.1 Å². The topological polar surface area (TPSA) is 151 Å². The number of thioether (sulfide) groups is 1. The van der Waals surface area contributed by atoms with Crippen molar-refractivity contribution in [1.82, 2.24) is 16.0 Å². The molecule has 0 aliphatic carbocycles. The first-order chi connectivity index (χ1) is 12.5. The fourth-order valence-corrected chi connectivity index (χ4v) is 2.60. The second-order valence-corrected chi connectivity index (χ2v) is 7.54. The second kappa shape index (κ2) is 12.6. The normalized spacial score (nSPS) is 16.4. The number of carboxylic acid groups (broad SMARTS) is 1. The van der Waals surface area contributed by atoms with Crippen molar-refractivity contribution in [2.75, 3.05) is 12.0 Å². The fraction of sp³-hybridized carbons (Fsp3) is 0.765. The van der Waals surface area contributed by atoms with Crippen LogP contribution in [0.1, 0.15) is 40.5 Å². The van der Waals surface area contributed by atoms with Crippen LogP contribution in [0.2, 0.25) is 0 Å². The molecule has 0 heterocycles. The average Bonchev–Trinajstić information content (AvgIpc) is 2.62. The molecule has 0 aliphatic rings. The highest BCUT2D eigenvalue weighted by atomic mass is 32.2. The Morgan fingerprint density at radius 1 is 0.963 bits per heavy atom. The molecule has 0 radical (unpaired) electrons. The Morgan fingerprint density at radius 2 is 1.52 bits per heavy atom. The number of aliphatic carboxylic acids is 1. The van der Waals surface area contributed by atoms with Crippen LogP contribution in [0.5, 0.6) is 0 Å². The lowest BCUT2D eigenvalue weighted by atomic mass is 9.97. The van der Waals surface area contributed by atoms with E-state index < -0.39 is 47.9 Å². The molecule has 0 fully saturated rings. The third-order valence-electron chi connectivity index (χ3n) is 4.24. The van der Waals surface area contributed by atoms with Crippen molar-refractivity contribution in [2.45, 2.75) is 64.7 Å². The van der Waals surface area contributed by atoms with E-state index in [1.165, 1.54) is 13.8 Å². The first-order valence-corrected chi connectivity index (χ1v) is 10.3. The van der Waals surface area contributed by atoms with Crippen molar-refractivity contribution in [1.29, 1.82) is 0 Å². The summed E-state index contributed by atoms with van der Waals surface area (Å²) in [5, 5.41) is 16.4. The predicted octanol–water partition coefficient (Wildman–Crippen LogP) is -0.308. The zero-order valence-electron chi connectivity index (χ0n) is 16.6. The maximum atomic E-state index is 12.4. The Morgan fingerprint density at radius 3 is 2.00 bits per heavy atom. The molecule has 9 nitrogen and oxygen atoms in total. The van der Waals surface area contributed by atoms with E-state index in [1.807, 2.05) is 13.2 Å². The van der Waals surface area contributed by atoms with E-state index in [0.717, 1.165) is 5.75 Å². The van der Waals surface area contributed by atoms with Crippen LogP contribution in [0, 0.1) is 5.92 Å². The number of carbonyl (C=O) groups excluding carboxylic acids is 3. The molecule has 0 rings (SSSR count). The lowest BCUT2D eigenvalue weighted by Crippen LogP contribution is -2.57. The van der Waals surface area contributed by atoms with Crippen LogP contribution in [-0.2, 0) is 19.2 Å². The van der Waals surface area contributed by atoms with Gasteiger partial charge in [-0.3, -0.25) is 19.2 Å². The molecule has 0 saturated heterocycles. The van der Waals surface area contributed by atoms with E-state index >= 15 is 0 Å². The molecule has 0 aromatic rings. The lowest BCUT2D eigenvalue weighted by molar-refractivity contribution is -0.142. The molecule has 27 heavy (non-hydrogen) atoms. The summed E-state index contributed by atoms with van der Waals surface area (Å²) >= 11 is 1.57. The first-order valence-electron chi connectivity index (χ1n) is 8.93. The molecule has 0 spiro atoms. The SMILES string of the molecule is CCC(C)C(NC(=O)C(C)NC(=O)C(N)CCSC)C(=O)NC(C)C(=O)O. The van der Waals surface area contributed by atoms with Gasteiger partial charge in [0.2, 0.25) is 17.7 Å². The number of carbonyl (C=O) groups is 4. The van der Waals surface area contributed by atoms with Crippen LogP contribution in [0.15, 0.2) is 0 Å². The molecular formula is C17H32N4O5S. The summed E-state index contributed by atoms with van der Waals surface area (Å²) in [5.74, 6) is -2.21. The van der Waals surface area contributed by atoms with E-state index in [0.29, 0.717) is 12.8 Å². The van der Waals surface area contributed by atoms with E-state index in [1.54, 1.807) is 18.7 Å². The number of hydrogen-bond donors (Lipinski definition) is 5. The van der Waals surface area contributed by atoms with E-state index in [4.69, 9.17) is 10.8 Å². The summed E-state index contributed by atoms with van der Waals surface area (Å²) in [7, 11) is 0. The van der Waals surface area contributed by atoms with Gasteiger partial charge in [0.25, 0.3) is 0 Å². The number of amides is 3. The Kier molecular flexibility index (Phi) is 11.7. The first kappa shape index (κ1) is 25.2. The fourth-order valence-electron chi connectivity index (χ4n) is 2.11. The monoisotopic (exact) mass is 404 g/mol. The molecule has 3 amide bonds. The third-order valence-corrected chi connectivity index (χ3v) is 4.89. The van der Waals surface area contributed by atoms with Gasteiger partial charge in [-0.25, -0.2) is 0 Å². The molecule has 0 aromatic carbocycles.